The summed E-state index contributed by atoms with van der Waals surface area (Å²) in [6, 6.07) is 7.33. The van der Waals surface area contributed by atoms with Gasteiger partial charge >= 0.3 is 0 Å². The highest BCUT2D eigenvalue weighted by molar-refractivity contribution is 5.97. The van der Waals surface area contributed by atoms with Crippen molar-refractivity contribution in [2.75, 3.05) is 44.2 Å². The van der Waals surface area contributed by atoms with E-state index in [1.165, 1.54) is 0 Å². The fourth-order valence-corrected chi connectivity index (χ4v) is 3.88. The fourth-order valence-electron chi connectivity index (χ4n) is 3.88. The average molecular weight is 401 g/mol. The summed E-state index contributed by atoms with van der Waals surface area (Å²) in [5.41, 5.74) is 1.26. The van der Waals surface area contributed by atoms with E-state index in [4.69, 9.17) is 0 Å². The molecule has 0 radical (unpaired) electrons. The fraction of sp³-hybridized carbons (Fsp3) is 0.591. The van der Waals surface area contributed by atoms with Gasteiger partial charge in [0, 0.05) is 55.9 Å². The lowest BCUT2D eigenvalue weighted by molar-refractivity contribution is -0.123. The molecule has 3 rings (SSSR count). The molecule has 2 aliphatic heterocycles. The Bertz CT molecular complexity index is 754. The van der Waals surface area contributed by atoms with Crippen LogP contribution in [0.25, 0.3) is 0 Å². The third kappa shape index (κ3) is 5.79. The molecule has 0 unspecified atom stereocenters. The highest BCUT2D eigenvalue weighted by atomic mass is 16.2. The second-order valence-corrected chi connectivity index (χ2v) is 8.92. The summed E-state index contributed by atoms with van der Waals surface area (Å²) in [4.78, 5) is 42.7. The zero-order valence-corrected chi connectivity index (χ0v) is 17.7. The molecule has 1 aromatic rings. The Morgan fingerprint density at radius 1 is 0.966 bits per heavy atom. The number of amides is 3. The number of benzene rings is 1. The summed E-state index contributed by atoms with van der Waals surface area (Å²) in [5, 5.41) is 2.99. The van der Waals surface area contributed by atoms with E-state index in [9.17, 15) is 14.4 Å². The summed E-state index contributed by atoms with van der Waals surface area (Å²) < 4.78 is 0. The number of hydrogen-bond acceptors (Lipinski definition) is 4. The van der Waals surface area contributed by atoms with Gasteiger partial charge in [-0.25, -0.2) is 0 Å². The lowest BCUT2D eigenvalue weighted by Gasteiger charge is -2.25. The van der Waals surface area contributed by atoms with Crippen molar-refractivity contribution in [1.29, 1.82) is 0 Å². The van der Waals surface area contributed by atoms with E-state index in [-0.39, 0.29) is 23.3 Å². The van der Waals surface area contributed by atoms with E-state index in [0.717, 1.165) is 31.6 Å². The molecule has 0 saturated carbocycles. The van der Waals surface area contributed by atoms with Crippen LogP contribution in [0.4, 0.5) is 5.69 Å². The zero-order valence-electron chi connectivity index (χ0n) is 17.7. The first-order valence-electron chi connectivity index (χ1n) is 10.5. The maximum absolute atomic E-state index is 12.9. The predicted molar refractivity (Wildman–Crippen MR) is 113 cm³/mol. The van der Waals surface area contributed by atoms with Gasteiger partial charge in [-0.3, -0.25) is 19.3 Å². The van der Waals surface area contributed by atoms with Crippen molar-refractivity contribution in [2.45, 2.75) is 45.6 Å². The van der Waals surface area contributed by atoms with Gasteiger partial charge in [0.2, 0.25) is 11.8 Å². The second kappa shape index (κ2) is 8.95. The lowest BCUT2D eigenvalue weighted by atomic mass is 10.1. The minimum Gasteiger partial charge on any atom is -0.350 e. The highest BCUT2D eigenvalue weighted by Gasteiger charge is 2.24. The van der Waals surface area contributed by atoms with Crippen molar-refractivity contribution in [3.63, 3.8) is 0 Å². The lowest BCUT2D eigenvalue weighted by Crippen LogP contribution is -2.46. The zero-order chi connectivity index (χ0) is 21.0. The standard InChI is InChI=1S/C22H32N4O3/c1-22(2,3)23-19(27)16-24-11-5-12-25(15-14-24)21(29)17-7-9-18(10-8-17)26-13-4-6-20(26)28/h7-10H,4-6,11-16H2,1-3H3,(H,23,27). The Labute approximate surface area is 173 Å². The maximum atomic E-state index is 12.9. The monoisotopic (exact) mass is 400 g/mol. The Hall–Kier alpha value is -2.41. The van der Waals surface area contributed by atoms with Gasteiger partial charge in [0.15, 0.2) is 0 Å². The van der Waals surface area contributed by atoms with Gasteiger partial charge in [0.05, 0.1) is 6.54 Å². The molecule has 0 aromatic heterocycles. The van der Waals surface area contributed by atoms with Crippen LogP contribution in [-0.4, -0.2) is 72.3 Å². The molecule has 2 heterocycles. The first kappa shape index (κ1) is 21.3. The first-order valence-corrected chi connectivity index (χ1v) is 10.5. The van der Waals surface area contributed by atoms with Crippen molar-refractivity contribution >= 4 is 23.4 Å². The van der Waals surface area contributed by atoms with Crippen molar-refractivity contribution in [2.24, 2.45) is 0 Å². The number of rotatable bonds is 4. The van der Waals surface area contributed by atoms with Gasteiger partial charge in [-0.1, -0.05) is 0 Å². The average Bonchev–Trinajstić information content (AvgIpc) is 2.94. The maximum Gasteiger partial charge on any atom is 0.253 e. The van der Waals surface area contributed by atoms with Crippen LogP contribution in [0.3, 0.4) is 0 Å². The highest BCUT2D eigenvalue weighted by Crippen LogP contribution is 2.22. The number of anilines is 1. The van der Waals surface area contributed by atoms with E-state index < -0.39 is 0 Å². The molecule has 0 bridgehead atoms. The van der Waals surface area contributed by atoms with E-state index in [1.807, 2.05) is 49.9 Å². The molecular weight excluding hydrogens is 368 g/mol. The van der Waals surface area contributed by atoms with Crippen LogP contribution in [0, 0.1) is 0 Å². The minimum absolute atomic E-state index is 0.00490. The van der Waals surface area contributed by atoms with E-state index in [1.54, 1.807) is 4.90 Å². The molecule has 2 saturated heterocycles. The smallest absolute Gasteiger partial charge is 0.253 e. The SMILES string of the molecule is CC(C)(C)NC(=O)CN1CCCN(C(=O)c2ccc(N3CCCC3=O)cc2)CC1. The summed E-state index contributed by atoms with van der Waals surface area (Å²) in [7, 11) is 0. The molecule has 7 heteroatoms. The third-order valence-electron chi connectivity index (χ3n) is 5.26. The second-order valence-electron chi connectivity index (χ2n) is 8.92. The normalized spacial score (nSPS) is 18.7. The molecule has 0 spiro atoms. The summed E-state index contributed by atoms with van der Waals surface area (Å²) >= 11 is 0. The summed E-state index contributed by atoms with van der Waals surface area (Å²) in [6.07, 6.45) is 2.32. The Balaban J connectivity index is 1.55. The molecule has 2 fully saturated rings. The van der Waals surface area contributed by atoms with E-state index in [2.05, 4.69) is 10.2 Å². The topological polar surface area (TPSA) is 73.0 Å². The van der Waals surface area contributed by atoms with E-state index >= 15 is 0 Å². The molecule has 29 heavy (non-hydrogen) atoms. The minimum atomic E-state index is -0.239. The third-order valence-corrected chi connectivity index (χ3v) is 5.26. The predicted octanol–water partition coefficient (Wildman–Crippen LogP) is 1.88. The summed E-state index contributed by atoms with van der Waals surface area (Å²) in [6.45, 7) is 9.79. The summed E-state index contributed by atoms with van der Waals surface area (Å²) in [5.74, 6) is 0.168. The van der Waals surface area contributed by atoms with Gasteiger partial charge in [0.1, 0.15) is 0 Å². The van der Waals surface area contributed by atoms with Crippen LogP contribution in [0.15, 0.2) is 24.3 Å². The quantitative estimate of drug-likeness (QED) is 0.838. The largest absolute Gasteiger partial charge is 0.350 e. The van der Waals surface area contributed by atoms with Gasteiger partial charge in [0.25, 0.3) is 5.91 Å². The molecule has 3 amide bonds. The van der Waals surface area contributed by atoms with E-state index in [0.29, 0.717) is 38.2 Å². The van der Waals surface area contributed by atoms with Crippen LogP contribution in [0.2, 0.25) is 0 Å². The van der Waals surface area contributed by atoms with Crippen LogP contribution >= 0.6 is 0 Å². The number of carbonyl (C=O) groups excluding carboxylic acids is 3. The van der Waals surface area contributed by atoms with Gasteiger partial charge < -0.3 is 15.1 Å². The molecular formula is C22H32N4O3. The van der Waals surface area contributed by atoms with Crippen LogP contribution in [0.1, 0.15) is 50.4 Å². The van der Waals surface area contributed by atoms with Gasteiger partial charge in [-0.15, -0.1) is 0 Å². The molecule has 0 aliphatic carbocycles. The Kier molecular flexibility index (Phi) is 6.57. The number of nitrogens with one attached hydrogen (secondary N) is 1. The number of hydrogen-bond donors (Lipinski definition) is 1. The molecule has 1 N–H and O–H groups in total. The van der Waals surface area contributed by atoms with Crippen molar-refractivity contribution in [1.82, 2.24) is 15.1 Å². The molecule has 2 aliphatic rings. The van der Waals surface area contributed by atoms with Gasteiger partial charge in [-0.05, 0) is 57.9 Å². The Morgan fingerprint density at radius 3 is 2.31 bits per heavy atom. The molecule has 7 nitrogen and oxygen atoms in total. The van der Waals surface area contributed by atoms with Crippen LogP contribution in [0.5, 0.6) is 0 Å². The molecule has 158 valence electrons. The van der Waals surface area contributed by atoms with Crippen molar-refractivity contribution in [3.8, 4) is 0 Å². The number of nitrogens with zero attached hydrogens (tertiary/aromatic N) is 3. The van der Waals surface area contributed by atoms with Crippen LogP contribution in [-0.2, 0) is 9.59 Å². The molecule has 0 atom stereocenters. The first-order chi connectivity index (χ1) is 13.7. The molecule has 1 aromatic carbocycles. The van der Waals surface area contributed by atoms with Crippen molar-refractivity contribution in [3.05, 3.63) is 29.8 Å². The Morgan fingerprint density at radius 2 is 1.69 bits per heavy atom. The van der Waals surface area contributed by atoms with Crippen molar-refractivity contribution < 1.29 is 14.4 Å². The van der Waals surface area contributed by atoms with Crippen LogP contribution < -0.4 is 10.2 Å². The number of carbonyl (C=O) groups is 3. The van der Waals surface area contributed by atoms with Gasteiger partial charge in [-0.2, -0.15) is 0 Å².